The highest BCUT2D eigenvalue weighted by Crippen LogP contribution is 2.19. The summed E-state index contributed by atoms with van der Waals surface area (Å²) in [7, 11) is 0. The summed E-state index contributed by atoms with van der Waals surface area (Å²) >= 11 is 0. The van der Waals surface area contributed by atoms with Gasteiger partial charge in [0.15, 0.2) is 5.75 Å². The molecule has 1 aromatic carbocycles. The monoisotopic (exact) mass is 354 g/mol. The number of piperazine rings is 1. The van der Waals surface area contributed by atoms with Crippen molar-refractivity contribution in [3.8, 4) is 5.75 Å². The quantitative estimate of drug-likeness (QED) is 0.917. The van der Waals surface area contributed by atoms with Crippen LogP contribution in [0.1, 0.15) is 23.6 Å². The van der Waals surface area contributed by atoms with Crippen molar-refractivity contribution in [1.82, 2.24) is 14.8 Å². The molecule has 0 saturated carbocycles. The van der Waals surface area contributed by atoms with Crippen molar-refractivity contribution in [2.75, 3.05) is 25.4 Å². The van der Waals surface area contributed by atoms with Gasteiger partial charge in [-0.2, -0.15) is 0 Å². The second-order valence-electron chi connectivity index (χ2n) is 6.96. The summed E-state index contributed by atoms with van der Waals surface area (Å²) in [6.07, 6.45) is 2.66. The SMILES string of the molecule is Cc1cccc(CN2CCN(C(=O)Oc3cncc(N)c3)[C@H](C)C2)c1C. The van der Waals surface area contributed by atoms with E-state index in [1.165, 1.54) is 29.1 Å². The van der Waals surface area contributed by atoms with Crippen LogP contribution in [0.3, 0.4) is 0 Å². The normalized spacial score (nSPS) is 18.0. The molecule has 1 amide bonds. The van der Waals surface area contributed by atoms with Crippen molar-refractivity contribution in [3.63, 3.8) is 0 Å². The summed E-state index contributed by atoms with van der Waals surface area (Å²) in [5.74, 6) is 0.375. The number of hydrogen-bond acceptors (Lipinski definition) is 5. The van der Waals surface area contributed by atoms with Crippen LogP contribution in [0.15, 0.2) is 36.7 Å². The summed E-state index contributed by atoms with van der Waals surface area (Å²) in [4.78, 5) is 20.6. The van der Waals surface area contributed by atoms with Gasteiger partial charge in [-0.05, 0) is 37.5 Å². The Morgan fingerprint density at radius 2 is 2.12 bits per heavy atom. The third-order valence-corrected chi connectivity index (χ3v) is 5.00. The van der Waals surface area contributed by atoms with E-state index in [9.17, 15) is 4.79 Å². The van der Waals surface area contributed by atoms with Gasteiger partial charge in [-0.3, -0.25) is 9.88 Å². The Bertz CT molecular complexity index is 793. The second kappa shape index (κ2) is 7.74. The minimum absolute atomic E-state index is 0.0791. The number of anilines is 1. The first kappa shape index (κ1) is 18.2. The van der Waals surface area contributed by atoms with Gasteiger partial charge in [-0.25, -0.2) is 4.79 Å². The molecule has 0 bridgehead atoms. The number of pyridine rings is 1. The Balaban J connectivity index is 1.59. The molecule has 1 fully saturated rings. The van der Waals surface area contributed by atoms with Gasteiger partial charge < -0.3 is 15.4 Å². The highest BCUT2D eigenvalue weighted by atomic mass is 16.6. The molecule has 2 heterocycles. The number of rotatable bonds is 3. The van der Waals surface area contributed by atoms with Crippen LogP contribution < -0.4 is 10.5 Å². The predicted octanol–water partition coefficient (Wildman–Crippen LogP) is 2.99. The lowest BCUT2D eigenvalue weighted by Crippen LogP contribution is -2.54. The highest BCUT2D eigenvalue weighted by molar-refractivity contribution is 5.71. The van der Waals surface area contributed by atoms with Crippen LogP contribution in [-0.2, 0) is 6.54 Å². The van der Waals surface area contributed by atoms with E-state index in [0.29, 0.717) is 18.0 Å². The maximum absolute atomic E-state index is 12.5. The molecular weight excluding hydrogens is 328 g/mol. The molecule has 1 aliphatic rings. The first-order valence-electron chi connectivity index (χ1n) is 8.90. The molecule has 0 aliphatic carbocycles. The Morgan fingerprint density at radius 3 is 2.85 bits per heavy atom. The first-order chi connectivity index (χ1) is 12.4. The number of nitrogens with two attached hydrogens (primary N) is 1. The van der Waals surface area contributed by atoms with E-state index < -0.39 is 0 Å². The van der Waals surface area contributed by atoms with E-state index in [2.05, 4.69) is 41.9 Å². The van der Waals surface area contributed by atoms with Gasteiger partial charge in [-0.1, -0.05) is 18.2 Å². The van der Waals surface area contributed by atoms with Gasteiger partial charge in [0.1, 0.15) is 0 Å². The molecule has 6 nitrogen and oxygen atoms in total. The van der Waals surface area contributed by atoms with Gasteiger partial charge in [0.2, 0.25) is 0 Å². The zero-order valence-electron chi connectivity index (χ0n) is 15.6. The molecular formula is C20H26N4O2. The summed E-state index contributed by atoms with van der Waals surface area (Å²) in [6.45, 7) is 9.54. The molecule has 138 valence electrons. The zero-order chi connectivity index (χ0) is 18.7. The largest absolute Gasteiger partial charge is 0.415 e. The van der Waals surface area contributed by atoms with Crippen molar-refractivity contribution in [3.05, 3.63) is 53.3 Å². The van der Waals surface area contributed by atoms with E-state index in [1.807, 2.05) is 6.92 Å². The van der Waals surface area contributed by atoms with Crippen molar-refractivity contribution in [2.24, 2.45) is 0 Å². The number of hydrogen-bond donors (Lipinski definition) is 1. The van der Waals surface area contributed by atoms with Gasteiger partial charge in [-0.15, -0.1) is 0 Å². The van der Waals surface area contributed by atoms with Crippen LogP contribution >= 0.6 is 0 Å². The van der Waals surface area contributed by atoms with Gasteiger partial charge in [0.25, 0.3) is 0 Å². The average Bonchev–Trinajstić information content (AvgIpc) is 2.59. The Morgan fingerprint density at radius 1 is 1.31 bits per heavy atom. The first-order valence-corrected chi connectivity index (χ1v) is 8.90. The van der Waals surface area contributed by atoms with Crippen LogP contribution in [0.5, 0.6) is 5.75 Å². The smallest absolute Gasteiger partial charge is 0.408 e. The lowest BCUT2D eigenvalue weighted by atomic mass is 10.0. The van der Waals surface area contributed by atoms with Crippen LogP contribution in [0.2, 0.25) is 0 Å². The molecule has 2 aromatic rings. The molecule has 0 spiro atoms. The van der Waals surface area contributed by atoms with E-state index >= 15 is 0 Å². The lowest BCUT2D eigenvalue weighted by molar-refractivity contribution is 0.0751. The maximum atomic E-state index is 12.5. The fourth-order valence-electron chi connectivity index (χ4n) is 3.32. The van der Waals surface area contributed by atoms with Crippen molar-refractivity contribution in [2.45, 2.75) is 33.4 Å². The minimum atomic E-state index is -0.351. The summed E-state index contributed by atoms with van der Waals surface area (Å²) in [6, 6.07) is 8.11. The van der Waals surface area contributed by atoms with E-state index in [4.69, 9.17) is 10.5 Å². The number of carbonyl (C=O) groups is 1. The number of aryl methyl sites for hydroxylation is 1. The predicted molar refractivity (Wildman–Crippen MR) is 102 cm³/mol. The summed E-state index contributed by atoms with van der Waals surface area (Å²) in [5, 5.41) is 0. The van der Waals surface area contributed by atoms with Gasteiger partial charge in [0, 0.05) is 38.3 Å². The molecule has 2 N–H and O–H groups in total. The maximum Gasteiger partial charge on any atom is 0.415 e. The number of nitrogen functional groups attached to an aromatic ring is 1. The highest BCUT2D eigenvalue weighted by Gasteiger charge is 2.29. The topological polar surface area (TPSA) is 71.7 Å². The zero-order valence-corrected chi connectivity index (χ0v) is 15.6. The van der Waals surface area contributed by atoms with Crippen LogP contribution in [0.4, 0.5) is 10.5 Å². The van der Waals surface area contributed by atoms with Crippen molar-refractivity contribution < 1.29 is 9.53 Å². The molecule has 1 aliphatic heterocycles. The van der Waals surface area contributed by atoms with Crippen LogP contribution in [0, 0.1) is 13.8 Å². The van der Waals surface area contributed by atoms with Crippen molar-refractivity contribution in [1.29, 1.82) is 0 Å². The molecule has 26 heavy (non-hydrogen) atoms. The number of ether oxygens (including phenoxy) is 1. The van der Waals surface area contributed by atoms with Crippen molar-refractivity contribution >= 4 is 11.8 Å². The second-order valence-corrected chi connectivity index (χ2v) is 6.96. The number of nitrogens with zero attached hydrogens (tertiary/aromatic N) is 3. The Hall–Kier alpha value is -2.60. The van der Waals surface area contributed by atoms with Gasteiger partial charge >= 0.3 is 6.09 Å². The van der Waals surface area contributed by atoms with E-state index in [0.717, 1.165) is 19.6 Å². The molecule has 6 heteroatoms. The average molecular weight is 354 g/mol. The Kier molecular flexibility index (Phi) is 5.42. The molecule has 0 unspecified atom stereocenters. The Labute approximate surface area is 154 Å². The number of aromatic nitrogens is 1. The molecule has 3 rings (SSSR count). The third-order valence-electron chi connectivity index (χ3n) is 5.00. The molecule has 1 saturated heterocycles. The third kappa shape index (κ3) is 4.14. The fraction of sp³-hybridized carbons (Fsp3) is 0.400. The summed E-state index contributed by atoms with van der Waals surface area (Å²) < 4.78 is 5.42. The van der Waals surface area contributed by atoms with Crippen LogP contribution in [0.25, 0.3) is 0 Å². The molecule has 1 aromatic heterocycles. The molecule has 0 radical (unpaired) electrons. The van der Waals surface area contributed by atoms with E-state index in [-0.39, 0.29) is 12.1 Å². The number of amides is 1. The summed E-state index contributed by atoms with van der Waals surface area (Å²) in [5.41, 5.74) is 10.2. The fourth-order valence-corrected chi connectivity index (χ4v) is 3.32. The number of benzene rings is 1. The molecule has 1 atom stereocenters. The van der Waals surface area contributed by atoms with E-state index in [1.54, 1.807) is 11.0 Å². The standard InChI is InChI=1S/C20H26N4O2/c1-14-5-4-6-17(16(14)3)13-23-7-8-24(15(2)12-23)20(25)26-19-9-18(21)10-22-11-19/h4-6,9-11,15H,7-8,12-13,21H2,1-3H3/t15-/m1/s1. The number of carbonyl (C=O) groups excluding carboxylic acids is 1. The minimum Gasteiger partial charge on any atom is -0.408 e. The lowest BCUT2D eigenvalue weighted by Gasteiger charge is -2.39. The van der Waals surface area contributed by atoms with Crippen LogP contribution in [-0.4, -0.2) is 46.6 Å². The van der Waals surface area contributed by atoms with Gasteiger partial charge in [0.05, 0.1) is 18.1 Å².